The van der Waals surface area contributed by atoms with Gasteiger partial charge in [0.05, 0.1) is 6.61 Å². The van der Waals surface area contributed by atoms with Gasteiger partial charge >= 0.3 is 0 Å². The molecule has 1 aliphatic heterocycles. The summed E-state index contributed by atoms with van der Waals surface area (Å²) in [6.07, 6.45) is 1.29. The zero-order valence-electron chi connectivity index (χ0n) is 10.2. The molecule has 2 nitrogen and oxygen atoms in total. The van der Waals surface area contributed by atoms with E-state index < -0.39 is 0 Å². The number of aliphatic hydroxyl groups is 1. The second-order valence-electron chi connectivity index (χ2n) is 5.60. The van der Waals surface area contributed by atoms with Gasteiger partial charge in [-0.3, -0.25) is 4.90 Å². The summed E-state index contributed by atoms with van der Waals surface area (Å²) in [5.74, 6) is 0. The second-order valence-corrected chi connectivity index (χ2v) is 5.60. The minimum absolute atomic E-state index is 0.136. The van der Waals surface area contributed by atoms with Crippen LogP contribution in [-0.2, 0) is 13.2 Å². The van der Waals surface area contributed by atoms with Crippen LogP contribution in [0.4, 0.5) is 0 Å². The van der Waals surface area contributed by atoms with Crippen molar-refractivity contribution >= 4 is 0 Å². The molecule has 0 amide bonds. The summed E-state index contributed by atoms with van der Waals surface area (Å²) < 4.78 is 0. The van der Waals surface area contributed by atoms with Crippen molar-refractivity contribution in [1.82, 2.24) is 4.90 Å². The van der Waals surface area contributed by atoms with Gasteiger partial charge in [-0.2, -0.15) is 0 Å². The van der Waals surface area contributed by atoms with E-state index in [1.54, 1.807) is 0 Å². The van der Waals surface area contributed by atoms with Crippen LogP contribution in [0.5, 0.6) is 0 Å². The molecule has 16 heavy (non-hydrogen) atoms. The van der Waals surface area contributed by atoms with E-state index in [4.69, 9.17) is 5.11 Å². The molecule has 1 aliphatic rings. The van der Waals surface area contributed by atoms with Crippen molar-refractivity contribution in [3.8, 4) is 0 Å². The molecular formula is C14H21NO. The van der Waals surface area contributed by atoms with Crippen molar-refractivity contribution in [1.29, 1.82) is 0 Å². The maximum absolute atomic E-state index is 8.97. The maximum atomic E-state index is 8.97. The molecule has 1 aromatic carbocycles. The van der Waals surface area contributed by atoms with Crippen LogP contribution in [0.3, 0.4) is 0 Å². The summed E-state index contributed by atoms with van der Waals surface area (Å²) in [5, 5.41) is 8.97. The Morgan fingerprint density at radius 3 is 2.31 bits per heavy atom. The van der Waals surface area contributed by atoms with Gasteiger partial charge in [-0.25, -0.2) is 0 Å². The average molecular weight is 219 g/mol. The van der Waals surface area contributed by atoms with Gasteiger partial charge in [0, 0.05) is 13.1 Å². The fraction of sp³-hybridized carbons (Fsp3) is 0.571. The predicted molar refractivity (Wildman–Crippen MR) is 66.0 cm³/mol. The molecule has 2 rings (SSSR count). The standard InChI is InChI=1S/C14H21NO/c1-14(2)7-8-15(11-14)9-12-3-5-13(10-16)6-4-12/h3-6,16H,7-11H2,1-2H3. The van der Waals surface area contributed by atoms with Crippen LogP contribution in [0, 0.1) is 5.41 Å². The Morgan fingerprint density at radius 1 is 1.19 bits per heavy atom. The van der Waals surface area contributed by atoms with E-state index in [1.165, 1.54) is 25.1 Å². The lowest BCUT2D eigenvalue weighted by atomic mass is 9.93. The van der Waals surface area contributed by atoms with Crippen molar-refractivity contribution in [2.45, 2.75) is 33.4 Å². The Balaban J connectivity index is 1.94. The lowest BCUT2D eigenvalue weighted by molar-refractivity contribution is 0.280. The molecule has 0 radical (unpaired) electrons. The Bertz CT molecular complexity index is 342. The summed E-state index contributed by atoms with van der Waals surface area (Å²) in [6, 6.07) is 8.26. The third-order valence-corrected chi connectivity index (χ3v) is 3.37. The highest BCUT2D eigenvalue weighted by atomic mass is 16.3. The van der Waals surface area contributed by atoms with Crippen LogP contribution in [-0.4, -0.2) is 23.1 Å². The minimum atomic E-state index is 0.136. The Kier molecular flexibility index (Phi) is 3.31. The molecule has 0 spiro atoms. The van der Waals surface area contributed by atoms with Gasteiger partial charge in [0.2, 0.25) is 0 Å². The number of rotatable bonds is 3. The fourth-order valence-electron chi connectivity index (χ4n) is 2.37. The summed E-state index contributed by atoms with van der Waals surface area (Å²) in [5.41, 5.74) is 2.81. The maximum Gasteiger partial charge on any atom is 0.0681 e. The highest BCUT2D eigenvalue weighted by Gasteiger charge is 2.28. The van der Waals surface area contributed by atoms with Crippen LogP contribution < -0.4 is 0 Å². The molecule has 2 heteroatoms. The fourth-order valence-corrected chi connectivity index (χ4v) is 2.37. The van der Waals surface area contributed by atoms with Crippen molar-refractivity contribution in [3.63, 3.8) is 0 Å². The number of hydrogen-bond donors (Lipinski definition) is 1. The molecular weight excluding hydrogens is 198 g/mol. The van der Waals surface area contributed by atoms with Gasteiger partial charge in [0.25, 0.3) is 0 Å². The lowest BCUT2D eigenvalue weighted by Gasteiger charge is -2.19. The SMILES string of the molecule is CC1(C)CCN(Cc2ccc(CO)cc2)C1. The van der Waals surface area contributed by atoms with Crippen LogP contribution in [0.2, 0.25) is 0 Å². The Hall–Kier alpha value is -0.860. The van der Waals surface area contributed by atoms with Gasteiger partial charge < -0.3 is 5.11 Å². The van der Waals surface area contributed by atoms with Crippen molar-refractivity contribution < 1.29 is 5.11 Å². The normalized spacial score (nSPS) is 20.2. The molecule has 0 aliphatic carbocycles. The van der Waals surface area contributed by atoms with E-state index in [-0.39, 0.29) is 6.61 Å². The summed E-state index contributed by atoms with van der Waals surface area (Å²) >= 11 is 0. The van der Waals surface area contributed by atoms with Gasteiger partial charge in [-0.15, -0.1) is 0 Å². The lowest BCUT2D eigenvalue weighted by Crippen LogP contribution is -2.22. The molecule has 1 saturated heterocycles. The van der Waals surface area contributed by atoms with Crippen LogP contribution >= 0.6 is 0 Å². The molecule has 0 unspecified atom stereocenters. The van der Waals surface area contributed by atoms with Gasteiger partial charge in [-0.05, 0) is 29.5 Å². The monoisotopic (exact) mass is 219 g/mol. The van der Waals surface area contributed by atoms with E-state index in [0.717, 1.165) is 12.1 Å². The number of benzene rings is 1. The first-order valence-electron chi connectivity index (χ1n) is 6.00. The topological polar surface area (TPSA) is 23.5 Å². The molecule has 1 N–H and O–H groups in total. The largest absolute Gasteiger partial charge is 0.392 e. The number of aliphatic hydroxyl groups excluding tert-OH is 1. The second kappa shape index (κ2) is 4.56. The summed E-state index contributed by atoms with van der Waals surface area (Å²) in [7, 11) is 0. The van der Waals surface area contributed by atoms with E-state index in [0.29, 0.717) is 5.41 Å². The average Bonchev–Trinajstić information content (AvgIpc) is 2.59. The highest BCUT2D eigenvalue weighted by Crippen LogP contribution is 2.29. The third kappa shape index (κ3) is 2.83. The van der Waals surface area contributed by atoms with E-state index in [1.807, 2.05) is 12.1 Å². The third-order valence-electron chi connectivity index (χ3n) is 3.37. The quantitative estimate of drug-likeness (QED) is 0.844. The van der Waals surface area contributed by atoms with Crippen LogP contribution in [0.1, 0.15) is 31.4 Å². The number of likely N-dealkylation sites (tertiary alicyclic amines) is 1. The number of hydrogen-bond acceptors (Lipinski definition) is 2. The molecule has 1 fully saturated rings. The van der Waals surface area contributed by atoms with E-state index in [9.17, 15) is 0 Å². The molecule has 1 heterocycles. The smallest absolute Gasteiger partial charge is 0.0681 e. The first-order chi connectivity index (χ1) is 7.59. The predicted octanol–water partition coefficient (Wildman–Crippen LogP) is 2.41. The summed E-state index contributed by atoms with van der Waals surface area (Å²) in [6.45, 7) is 8.24. The molecule has 0 bridgehead atoms. The van der Waals surface area contributed by atoms with E-state index in [2.05, 4.69) is 30.9 Å². The molecule has 1 aromatic rings. The molecule has 0 aromatic heterocycles. The minimum Gasteiger partial charge on any atom is -0.392 e. The first kappa shape index (κ1) is 11.6. The van der Waals surface area contributed by atoms with Gasteiger partial charge in [0.15, 0.2) is 0 Å². The highest BCUT2D eigenvalue weighted by molar-refractivity contribution is 5.22. The van der Waals surface area contributed by atoms with Gasteiger partial charge in [-0.1, -0.05) is 38.1 Å². The first-order valence-corrected chi connectivity index (χ1v) is 6.00. The van der Waals surface area contributed by atoms with Crippen molar-refractivity contribution in [3.05, 3.63) is 35.4 Å². The Morgan fingerprint density at radius 2 is 1.81 bits per heavy atom. The Labute approximate surface area is 97.9 Å². The summed E-state index contributed by atoms with van der Waals surface area (Å²) in [4.78, 5) is 2.51. The van der Waals surface area contributed by atoms with E-state index >= 15 is 0 Å². The van der Waals surface area contributed by atoms with Crippen molar-refractivity contribution in [2.75, 3.05) is 13.1 Å². The molecule has 0 atom stereocenters. The molecule has 0 saturated carbocycles. The van der Waals surface area contributed by atoms with Crippen LogP contribution in [0.25, 0.3) is 0 Å². The van der Waals surface area contributed by atoms with Crippen molar-refractivity contribution in [2.24, 2.45) is 5.41 Å². The zero-order valence-corrected chi connectivity index (χ0v) is 10.2. The van der Waals surface area contributed by atoms with Crippen LogP contribution in [0.15, 0.2) is 24.3 Å². The zero-order chi connectivity index (χ0) is 11.6. The van der Waals surface area contributed by atoms with Gasteiger partial charge in [0.1, 0.15) is 0 Å². The molecule has 88 valence electrons. The number of nitrogens with zero attached hydrogens (tertiary/aromatic N) is 1.